The van der Waals surface area contributed by atoms with E-state index < -0.39 is 0 Å². The third-order valence-corrected chi connectivity index (χ3v) is 6.13. The molecule has 0 atom stereocenters. The molecule has 0 saturated heterocycles. The van der Waals surface area contributed by atoms with Crippen molar-refractivity contribution in [3.8, 4) is 14.9 Å². The van der Waals surface area contributed by atoms with Crippen LogP contribution in [0.3, 0.4) is 0 Å². The van der Waals surface area contributed by atoms with Crippen molar-refractivity contribution in [2.75, 3.05) is 7.11 Å². The second kappa shape index (κ2) is 4.56. The molecule has 1 heterocycles. The van der Waals surface area contributed by atoms with E-state index in [1.54, 1.807) is 10.5 Å². The summed E-state index contributed by atoms with van der Waals surface area (Å²) in [5.74, 6) is 0.922. The second-order valence-corrected chi connectivity index (χ2v) is 6.97. The first-order chi connectivity index (χ1) is 8.36. The Morgan fingerprint density at radius 1 is 0.941 bits per heavy atom. The average molecular weight is 336 g/mol. The van der Waals surface area contributed by atoms with Crippen molar-refractivity contribution >= 4 is 29.2 Å². The predicted octanol–water partition coefficient (Wildman–Crippen LogP) is 3.57. The predicted molar refractivity (Wildman–Crippen MR) is 72.9 cm³/mol. The van der Waals surface area contributed by atoms with Gasteiger partial charge in [0.2, 0.25) is 0 Å². The Morgan fingerprint density at radius 3 is 2.41 bits per heavy atom. The van der Waals surface area contributed by atoms with E-state index in [0.29, 0.717) is 0 Å². The van der Waals surface area contributed by atoms with E-state index in [1.165, 1.54) is 14.5 Å². The molecule has 3 aromatic rings. The van der Waals surface area contributed by atoms with Crippen LogP contribution in [0.5, 0.6) is 5.75 Å². The van der Waals surface area contributed by atoms with E-state index in [2.05, 4.69) is 42.5 Å². The van der Waals surface area contributed by atoms with Gasteiger partial charge < -0.3 is 0 Å². The molecular formula is C15H12OTe. The minimum atomic E-state index is -0.206. The molecule has 0 spiro atoms. The zero-order valence-electron chi connectivity index (χ0n) is 9.51. The Kier molecular flexibility index (Phi) is 2.93. The molecule has 0 unspecified atom stereocenters. The van der Waals surface area contributed by atoms with Crippen LogP contribution in [-0.2, 0) is 0 Å². The Labute approximate surface area is 110 Å². The van der Waals surface area contributed by atoms with Crippen molar-refractivity contribution in [3.63, 3.8) is 0 Å². The number of rotatable bonds is 2. The first-order valence-electron chi connectivity index (χ1n) is 5.50. The fourth-order valence-corrected chi connectivity index (χ4v) is 4.93. The van der Waals surface area contributed by atoms with Gasteiger partial charge in [0.1, 0.15) is 0 Å². The molecule has 1 nitrogen and oxygen atoms in total. The van der Waals surface area contributed by atoms with Gasteiger partial charge >= 0.3 is 111 Å². The van der Waals surface area contributed by atoms with Crippen molar-refractivity contribution in [2.45, 2.75) is 0 Å². The van der Waals surface area contributed by atoms with Gasteiger partial charge in [-0.2, -0.15) is 0 Å². The molecule has 0 amide bonds. The van der Waals surface area contributed by atoms with Crippen molar-refractivity contribution in [3.05, 3.63) is 54.6 Å². The van der Waals surface area contributed by atoms with E-state index in [0.717, 1.165) is 5.75 Å². The van der Waals surface area contributed by atoms with E-state index >= 15 is 0 Å². The van der Waals surface area contributed by atoms with Crippen LogP contribution in [0.25, 0.3) is 17.9 Å². The van der Waals surface area contributed by atoms with Gasteiger partial charge in [-0.05, 0) is 0 Å². The molecule has 3 rings (SSSR count). The molecule has 0 bridgehead atoms. The molecule has 0 radical (unpaired) electrons. The molecule has 0 saturated carbocycles. The van der Waals surface area contributed by atoms with Crippen LogP contribution in [0.15, 0.2) is 54.6 Å². The van der Waals surface area contributed by atoms with Crippen LogP contribution in [0.4, 0.5) is 0 Å². The fraction of sp³-hybridized carbons (Fsp3) is 0.0667. The summed E-state index contributed by atoms with van der Waals surface area (Å²) in [5, 5.41) is 1.40. The molecule has 0 N–H and O–H groups in total. The Bertz CT molecular complexity index is 604. The van der Waals surface area contributed by atoms with Crippen LogP contribution in [-0.4, -0.2) is 27.5 Å². The molecular weight excluding hydrogens is 324 g/mol. The first kappa shape index (κ1) is 10.9. The summed E-state index contributed by atoms with van der Waals surface area (Å²) in [6.45, 7) is 0. The summed E-state index contributed by atoms with van der Waals surface area (Å²) in [4.78, 5) is 0. The third kappa shape index (κ3) is 2.11. The van der Waals surface area contributed by atoms with Crippen LogP contribution in [0.1, 0.15) is 0 Å². The fourth-order valence-electron chi connectivity index (χ4n) is 1.88. The van der Waals surface area contributed by atoms with Crippen LogP contribution < -0.4 is 4.74 Å². The van der Waals surface area contributed by atoms with Gasteiger partial charge in [0.15, 0.2) is 0 Å². The standard InChI is InChI=1S/C15H12OTe/c1-16-13-8-6-11(7-9-13)15-10-12-4-2-3-5-14(12)17-15/h2-10H,1H3. The summed E-state index contributed by atoms with van der Waals surface area (Å²) in [6, 6.07) is 19.4. The summed E-state index contributed by atoms with van der Waals surface area (Å²) >= 11 is -0.206. The van der Waals surface area contributed by atoms with Crippen LogP contribution >= 0.6 is 0 Å². The molecule has 2 aromatic carbocycles. The average Bonchev–Trinajstić information content (AvgIpc) is 2.82. The first-order valence-corrected chi connectivity index (χ1v) is 7.83. The Balaban J connectivity index is 2.07. The topological polar surface area (TPSA) is 9.23 Å². The van der Waals surface area contributed by atoms with Crippen LogP contribution in [0, 0.1) is 0 Å². The quantitative estimate of drug-likeness (QED) is 0.650. The van der Waals surface area contributed by atoms with E-state index in [1.807, 2.05) is 12.1 Å². The van der Waals surface area contributed by atoms with Gasteiger partial charge in [-0.1, -0.05) is 0 Å². The van der Waals surface area contributed by atoms with Gasteiger partial charge in [0.25, 0.3) is 0 Å². The maximum atomic E-state index is 5.18. The van der Waals surface area contributed by atoms with E-state index in [-0.39, 0.29) is 20.4 Å². The normalized spacial score (nSPS) is 10.6. The van der Waals surface area contributed by atoms with Gasteiger partial charge in [-0.15, -0.1) is 0 Å². The molecule has 1 aromatic heterocycles. The van der Waals surface area contributed by atoms with Crippen molar-refractivity contribution in [1.29, 1.82) is 0 Å². The number of hydrogen-bond acceptors (Lipinski definition) is 1. The second-order valence-electron chi connectivity index (χ2n) is 3.88. The number of benzene rings is 2. The van der Waals surface area contributed by atoms with E-state index in [9.17, 15) is 0 Å². The number of ether oxygens (including phenoxy) is 1. The number of fused-ring (bicyclic) bond motifs is 1. The Morgan fingerprint density at radius 2 is 1.71 bits per heavy atom. The van der Waals surface area contributed by atoms with Gasteiger partial charge in [-0.25, -0.2) is 0 Å². The minimum absolute atomic E-state index is 0.206. The van der Waals surface area contributed by atoms with Gasteiger partial charge in [0.05, 0.1) is 0 Å². The van der Waals surface area contributed by atoms with Gasteiger partial charge in [-0.3, -0.25) is 0 Å². The molecule has 2 heteroatoms. The van der Waals surface area contributed by atoms with Crippen LogP contribution in [0.2, 0.25) is 0 Å². The van der Waals surface area contributed by atoms with Gasteiger partial charge in [0, 0.05) is 0 Å². The molecule has 84 valence electrons. The zero-order chi connectivity index (χ0) is 11.7. The summed E-state index contributed by atoms with van der Waals surface area (Å²) in [6.07, 6.45) is 0. The number of hydrogen-bond donors (Lipinski definition) is 0. The zero-order valence-corrected chi connectivity index (χ0v) is 11.8. The molecule has 17 heavy (non-hydrogen) atoms. The maximum absolute atomic E-state index is 5.18. The molecule has 0 aliphatic rings. The number of methoxy groups -OCH3 is 1. The molecule has 0 fully saturated rings. The monoisotopic (exact) mass is 338 g/mol. The summed E-state index contributed by atoms with van der Waals surface area (Å²) in [7, 11) is 1.70. The Hall–Kier alpha value is -1.23. The van der Waals surface area contributed by atoms with Crippen molar-refractivity contribution in [1.82, 2.24) is 0 Å². The van der Waals surface area contributed by atoms with E-state index in [4.69, 9.17) is 4.74 Å². The molecule has 0 aliphatic heterocycles. The third-order valence-electron chi connectivity index (χ3n) is 2.80. The summed E-state index contributed by atoms with van der Waals surface area (Å²) < 4.78 is 8.24. The SMILES string of the molecule is COc1ccc(-c2cc3ccccc3[te]2)cc1. The summed E-state index contributed by atoms with van der Waals surface area (Å²) in [5.41, 5.74) is 1.34. The van der Waals surface area contributed by atoms with Crippen molar-refractivity contribution < 1.29 is 4.74 Å². The van der Waals surface area contributed by atoms with Crippen molar-refractivity contribution in [2.24, 2.45) is 0 Å². The molecule has 0 aliphatic carbocycles.